The lowest BCUT2D eigenvalue weighted by Crippen LogP contribution is -2.53. The van der Waals surface area contributed by atoms with Gasteiger partial charge in [0.25, 0.3) is 0 Å². The van der Waals surface area contributed by atoms with Crippen LogP contribution in [-0.2, 0) is 26.0 Å². The van der Waals surface area contributed by atoms with E-state index in [1.807, 2.05) is 44.2 Å². The third-order valence-electron chi connectivity index (χ3n) is 4.95. The Morgan fingerprint density at radius 3 is 2.18 bits per heavy atom. The van der Waals surface area contributed by atoms with Gasteiger partial charge in [-0.1, -0.05) is 53.5 Å². The fraction of sp³-hybridized carbons (Fsp3) is 0.391. The smallest absolute Gasteiger partial charge is 0.244 e. The Morgan fingerprint density at radius 2 is 1.64 bits per heavy atom. The highest BCUT2D eigenvalue weighted by atomic mass is 35.5. The van der Waals surface area contributed by atoms with Gasteiger partial charge in [-0.15, -0.1) is 0 Å². The van der Waals surface area contributed by atoms with Crippen LogP contribution in [0.4, 0.5) is 5.69 Å². The molecule has 2 amide bonds. The normalized spacial score (nSPS) is 12.3. The van der Waals surface area contributed by atoms with Crippen LogP contribution in [0.15, 0.2) is 48.5 Å². The van der Waals surface area contributed by atoms with Gasteiger partial charge in [0.1, 0.15) is 12.6 Å². The van der Waals surface area contributed by atoms with Crippen molar-refractivity contribution in [1.82, 2.24) is 10.2 Å². The van der Waals surface area contributed by atoms with Gasteiger partial charge in [-0.05, 0) is 51.0 Å². The Bertz CT molecular complexity index is 1080. The second-order valence-electron chi connectivity index (χ2n) is 8.03. The number of rotatable bonds is 10. The average molecular weight is 514 g/mol. The van der Waals surface area contributed by atoms with Gasteiger partial charge in [0.15, 0.2) is 0 Å². The lowest BCUT2D eigenvalue weighted by molar-refractivity contribution is -0.139. The highest BCUT2D eigenvalue weighted by Gasteiger charge is 2.30. The highest BCUT2D eigenvalue weighted by molar-refractivity contribution is 7.92. The van der Waals surface area contributed by atoms with Crippen molar-refractivity contribution in [2.24, 2.45) is 0 Å². The van der Waals surface area contributed by atoms with Crippen LogP contribution >= 0.6 is 23.2 Å². The van der Waals surface area contributed by atoms with Gasteiger partial charge in [-0.3, -0.25) is 13.9 Å². The summed E-state index contributed by atoms with van der Waals surface area (Å²) in [5.41, 5.74) is 1.21. The molecule has 10 heteroatoms. The van der Waals surface area contributed by atoms with Crippen LogP contribution in [0.1, 0.15) is 26.3 Å². The third kappa shape index (κ3) is 7.91. The lowest BCUT2D eigenvalue weighted by Gasteiger charge is -2.32. The molecule has 0 saturated heterocycles. The first kappa shape index (κ1) is 27.0. The Hall–Kier alpha value is -2.29. The van der Waals surface area contributed by atoms with Crippen LogP contribution in [0, 0.1) is 0 Å². The van der Waals surface area contributed by atoms with Crippen molar-refractivity contribution >= 4 is 50.7 Å². The van der Waals surface area contributed by atoms with Crippen LogP contribution in [0.25, 0.3) is 0 Å². The number of benzene rings is 2. The van der Waals surface area contributed by atoms with Crippen molar-refractivity contribution in [2.75, 3.05) is 23.7 Å². The molecule has 0 saturated carbocycles. The zero-order valence-electron chi connectivity index (χ0n) is 19.1. The summed E-state index contributed by atoms with van der Waals surface area (Å²) in [5.74, 6) is -0.819. The predicted octanol–water partition coefficient (Wildman–Crippen LogP) is 3.74. The van der Waals surface area contributed by atoms with Crippen molar-refractivity contribution < 1.29 is 18.0 Å². The first-order valence-corrected chi connectivity index (χ1v) is 13.1. The number of nitrogens with zero attached hydrogens (tertiary/aromatic N) is 2. The molecule has 7 nitrogen and oxygen atoms in total. The van der Waals surface area contributed by atoms with E-state index >= 15 is 0 Å². The van der Waals surface area contributed by atoms with Gasteiger partial charge in [-0.2, -0.15) is 0 Å². The first-order chi connectivity index (χ1) is 15.4. The van der Waals surface area contributed by atoms with E-state index in [4.69, 9.17) is 23.2 Å². The van der Waals surface area contributed by atoms with E-state index in [2.05, 4.69) is 5.32 Å². The molecule has 1 N–H and O–H groups in total. The van der Waals surface area contributed by atoms with Crippen molar-refractivity contribution in [1.29, 1.82) is 0 Å². The molecule has 2 rings (SSSR count). The summed E-state index contributed by atoms with van der Waals surface area (Å²) in [6.07, 6.45) is 1.52. The number of halogens is 2. The number of hydrogen-bond acceptors (Lipinski definition) is 4. The zero-order valence-corrected chi connectivity index (χ0v) is 21.4. The number of nitrogens with one attached hydrogen (secondary N) is 1. The largest absolute Gasteiger partial charge is 0.352 e. The van der Waals surface area contributed by atoms with Gasteiger partial charge < -0.3 is 10.2 Å². The number of carbonyl (C=O) groups excluding carboxylic acids is 2. The Morgan fingerprint density at radius 1 is 1.00 bits per heavy atom. The summed E-state index contributed by atoms with van der Waals surface area (Å²) < 4.78 is 26.0. The summed E-state index contributed by atoms with van der Waals surface area (Å²) in [6.45, 7) is 5.05. The second-order valence-corrected chi connectivity index (χ2v) is 10.8. The summed E-state index contributed by atoms with van der Waals surface area (Å²) in [4.78, 5) is 27.4. The molecule has 0 aliphatic heterocycles. The Balaban J connectivity index is 2.33. The van der Waals surface area contributed by atoms with Crippen LogP contribution in [0.3, 0.4) is 0 Å². The molecule has 0 spiro atoms. The molecule has 180 valence electrons. The first-order valence-electron chi connectivity index (χ1n) is 10.5. The monoisotopic (exact) mass is 513 g/mol. The standard InChI is InChI=1S/C23H29Cl2N3O4S/c1-16(2)26-23(30)17(3)27(13-12-18-8-6-5-7-9-18)22(29)15-28(33(4,31)32)19-10-11-20(24)21(25)14-19/h5-11,14,16-17H,12-13,15H2,1-4H3,(H,26,30)/t17-/m0/s1. The molecule has 0 aliphatic carbocycles. The number of hydrogen-bond donors (Lipinski definition) is 1. The topological polar surface area (TPSA) is 86.8 Å². The van der Waals surface area contributed by atoms with E-state index in [-0.39, 0.29) is 34.2 Å². The molecule has 0 unspecified atom stereocenters. The lowest BCUT2D eigenvalue weighted by atomic mass is 10.1. The van der Waals surface area contributed by atoms with Gasteiger partial charge in [0, 0.05) is 12.6 Å². The molecule has 2 aromatic rings. The van der Waals surface area contributed by atoms with E-state index in [1.54, 1.807) is 6.92 Å². The maximum Gasteiger partial charge on any atom is 0.244 e. The highest BCUT2D eigenvalue weighted by Crippen LogP contribution is 2.28. The van der Waals surface area contributed by atoms with E-state index in [0.29, 0.717) is 6.42 Å². The van der Waals surface area contributed by atoms with E-state index in [1.165, 1.54) is 23.1 Å². The van der Waals surface area contributed by atoms with E-state index in [9.17, 15) is 18.0 Å². The van der Waals surface area contributed by atoms with Crippen LogP contribution in [0.2, 0.25) is 10.0 Å². The predicted molar refractivity (Wildman–Crippen MR) is 133 cm³/mol. The van der Waals surface area contributed by atoms with Crippen LogP contribution in [0.5, 0.6) is 0 Å². The van der Waals surface area contributed by atoms with Crippen molar-refractivity contribution in [3.05, 3.63) is 64.1 Å². The zero-order chi connectivity index (χ0) is 24.8. The van der Waals surface area contributed by atoms with Gasteiger partial charge in [0.05, 0.1) is 22.0 Å². The number of sulfonamides is 1. The second kappa shape index (κ2) is 11.7. The summed E-state index contributed by atoms with van der Waals surface area (Å²) in [7, 11) is -3.82. The molecular weight excluding hydrogens is 485 g/mol. The summed E-state index contributed by atoms with van der Waals surface area (Å²) >= 11 is 12.0. The maximum absolute atomic E-state index is 13.4. The average Bonchev–Trinajstić information content (AvgIpc) is 2.73. The Labute approximate surface area is 205 Å². The number of carbonyl (C=O) groups is 2. The van der Waals surface area contributed by atoms with E-state index in [0.717, 1.165) is 16.1 Å². The van der Waals surface area contributed by atoms with Crippen molar-refractivity contribution in [3.63, 3.8) is 0 Å². The minimum atomic E-state index is -3.82. The molecule has 33 heavy (non-hydrogen) atoms. The molecule has 0 aliphatic rings. The molecule has 1 atom stereocenters. The summed E-state index contributed by atoms with van der Waals surface area (Å²) in [5, 5.41) is 3.24. The number of anilines is 1. The Kier molecular flexibility index (Phi) is 9.57. The minimum absolute atomic E-state index is 0.102. The van der Waals surface area contributed by atoms with Crippen LogP contribution in [-0.4, -0.2) is 56.6 Å². The van der Waals surface area contributed by atoms with Crippen molar-refractivity contribution in [3.8, 4) is 0 Å². The molecular formula is C23H29Cl2N3O4S. The van der Waals surface area contributed by atoms with Gasteiger partial charge in [0.2, 0.25) is 21.8 Å². The molecule has 2 aromatic carbocycles. The number of amides is 2. The van der Waals surface area contributed by atoms with Gasteiger partial charge in [-0.25, -0.2) is 8.42 Å². The van der Waals surface area contributed by atoms with Crippen LogP contribution < -0.4 is 9.62 Å². The fourth-order valence-corrected chi connectivity index (χ4v) is 4.36. The van der Waals surface area contributed by atoms with Gasteiger partial charge >= 0.3 is 0 Å². The van der Waals surface area contributed by atoms with E-state index < -0.39 is 28.5 Å². The quantitative estimate of drug-likeness (QED) is 0.524. The SMILES string of the molecule is CC(C)NC(=O)[C@H](C)N(CCc1ccccc1)C(=O)CN(c1ccc(Cl)c(Cl)c1)S(C)(=O)=O. The minimum Gasteiger partial charge on any atom is -0.352 e. The molecule has 0 aromatic heterocycles. The molecule has 0 fully saturated rings. The molecule has 0 bridgehead atoms. The molecule has 0 radical (unpaired) electrons. The third-order valence-corrected chi connectivity index (χ3v) is 6.83. The fourth-order valence-electron chi connectivity index (χ4n) is 3.23. The molecule has 0 heterocycles. The summed E-state index contributed by atoms with van der Waals surface area (Å²) in [6, 6.07) is 13.0. The maximum atomic E-state index is 13.4. The van der Waals surface area contributed by atoms with Crippen molar-refractivity contribution in [2.45, 2.75) is 39.3 Å².